The van der Waals surface area contributed by atoms with Crippen molar-refractivity contribution in [2.75, 3.05) is 37.7 Å². The average Bonchev–Trinajstić information content (AvgIpc) is 3.05. The van der Waals surface area contributed by atoms with E-state index in [-0.39, 0.29) is 66.0 Å². The number of aromatic nitrogens is 1. The molecule has 41 heavy (non-hydrogen) atoms. The average molecular weight is 593 g/mol. The predicted octanol–water partition coefficient (Wildman–Crippen LogP) is 3.48. The van der Waals surface area contributed by atoms with Crippen LogP contribution >= 0.6 is 11.6 Å². The Morgan fingerprint density at radius 2 is 1.90 bits per heavy atom. The third kappa shape index (κ3) is 5.82. The quantitative estimate of drug-likeness (QED) is 0.417. The van der Waals surface area contributed by atoms with Gasteiger partial charge in [-0.05, 0) is 39.8 Å². The Kier molecular flexibility index (Phi) is 7.60. The van der Waals surface area contributed by atoms with E-state index in [1.807, 2.05) is 11.8 Å². The fourth-order valence-electron chi connectivity index (χ4n) is 4.80. The minimum absolute atomic E-state index is 0.0490. The number of pyridine rings is 1. The normalized spacial score (nSPS) is 22.1. The fraction of sp³-hybridized carbons (Fsp3) is 0.481. The van der Waals surface area contributed by atoms with Gasteiger partial charge in [0.15, 0.2) is 17.2 Å². The van der Waals surface area contributed by atoms with Crippen molar-refractivity contribution in [1.82, 2.24) is 14.8 Å². The van der Waals surface area contributed by atoms with Gasteiger partial charge in [0.25, 0.3) is 5.91 Å². The zero-order valence-electron chi connectivity index (χ0n) is 22.9. The maximum absolute atomic E-state index is 13.9. The molecule has 1 aromatic heterocycles. The summed E-state index contributed by atoms with van der Waals surface area (Å²) in [5, 5.41) is 10.2. The van der Waals surface area contributed by atoms with Crippen LogP contribution in [0.2, 0.25) is 5.02 Å². The first kappa shape index (κ1) is 28.7. The second kappa shape index (κ2) is 10.9. The van der Waals surface area contributed by atoms with Gasteiger partial charge in [0.2, 0.25) is 0 Å². The van der Waals surface area contributed by atoms with Crippen LogP contribution in [0, 0.1) is 5.82 Å². The number of amides is 2. The van der Waals surface area contributed by atoms with Crippen molar-refractivity contribution in [2.45, 2.75) is 51.5 Å². The zero-order valence-corrected chi connectivity index (χ0v) is 23.7. The van der Waals surface area contributed by atoms with E-state index in [2.05, 4.69) is 4.98 Å². The molecule has 2 fully saturated rings. The van der Waals surface area contributed by atoms with E-state index in [1.165, 1.54) is 17.2 Å². The lowest BCUT2D eigenvalue weighted by molar-refractivity contribution is 0.0197. The second-order valence-corrected chi connectivity index (χ2v) is 11.4. The molecule has 0 aliphatic carbocycles. The van der Waals surface area contributed by atoms with Crippen LogP contribution in [0.25, 0.3) is 0 Å². The first-order valence-electron chi connectivity index (χ1n) is 13.1. The van der Waals surface area contributed by atoms with Crippen LogP contribution in [0.15, 0.2) is 24.4 Å². The van der Waals surface area contributed by atoms with Crippen LogP contribution in [0.4, 0.5) is 19.8 Å². The Bertz CT molecular complexity index is 1390. The van der Waals surface area contributed by atoms with Gasteiger partial charge in [-0.1, -0.05) is 11.6 Å². The van der Waals surface area contributed by atoms with Crippen LogP contribution < -0.4 is 19.1 Å². The number of carbonyl (C=O) groups excluding carboxylic acids is 3. The molecule has 12 nitrogen and oxygen atoms in total. The largest absolute Gasteiger partial charge is 0.514 e. The molecule has 3 aliphatic rings. The van der Waals surface area contributed by atoms with Gasteiger partial charge in [-0.15, -0.1) is 0 Å². The van der Waals surface area contributed by atoms with Gasteiger partial charge >= 0.3 is 12.2 Å². The van der Waals surface area contributed by atoms with E-state index in [9.17, 15) is 23.9 Å². The third-order valence-electron chi connectivity index (χ3n) is 6.99. The number of ether oxygens (including phenoxy) is 4. The van der Waals surface area contributed by atoms with Gasteiger partial charge in [0, 0.05) is 32.2 Å². The van der Waals surface area contributed by atoms with Gasteiger partial charge in [0.05, 0.1) is 24.4 Å². The van der Waals surface area contributed by atoms with Crippen LogP contribution in [0.5, 0.6) is 17.2 Å². The minimum Gasteiger partial charge on any atom is -0.489 e. The number of hydrogen-bond acceptors (Lipinski definition) is 10. The van der Waals surface area contributed by atoms with Crippen LogP contribution in [-0.4, -0.2) is 94.6 Å². The first-order chi connectivity index (χ1) is 19.3. The maximum Gasteiger partial charge on any atom is 0.514 e. The summed E-state index contributed by atoms with van der Waals surface area (Å²) in [7, 11) is 0. The third-order valence-corrected chi connectivity index (χ3v) is 7.26. The molecule has 220 valence electrons. The molecular weight excluding hydrogens is 563 g/mol. The highest BCUT2D eigenvalue weighted by Crippen LogP contribution is 2.40. The Hall–Kier alpha value is -3.84. The maximum atomic E-state index is 13.9. The molecule has 5 rings (SSSR count). The molecule has 3 unspecified atom stereocenters. The molecule has 1 N–H and O–H groups in total. The van der Waals surface area contributed by atoms with Crippen LogP contribution in [0.1, 0.15) is 38.1 Å². The van der Waals surface area contributed by atoms with Crippen molar-refractivity contribution in [2.24, 2.45) is 0 Å². The molecule has 0 saturated carbocycles. The fourth-order valence-corrected chi connectivity index (χ4v) is 5.00. The number of hydrogen-bond donors (Lipinski definition) is 1. The van der Waals surface area contributed by atoms with E-state index < -0.39 is 35.8 Å². The Balaban J connectivity index is 1.31. The Labute approximate surface area is 240 Å². The Morgan fingerprint density at radius 1 is 1.15 bits per heavy atom. The molecule has 2 aromatic rings. The number of nitrogens with zero attached hydrogens (tertiary/aromatic N) is 4. The molecular formula is C27H30ClFN4O8. The number of β-amino-alcohol motifs (C(OH)–C–C–N with tert-alkyl or cyclic N) is 1. The van der Waals surface area contributed by atoms with Gasteiger partial charge in [-0.3, -0.25) is 4.79 Å². The molecule has 0 radical (unpaired) electrons. The summed E-state index contributed by atoms with van der Waals surface area (Å²) in [5.41, 5.74) is -0.640. The number of aliphatic hydroxyl groups excluding tert-OH is 1. The number of halogens is 2. The topological polar surface area (TPSA) is 131 Å². The molecule has 2 amide bonds. The molecule has 1 aromatic carbocycles. The van der Waals surface area contributed by atoms with Gasteiger partial charge in [-0.25, -0.2) is 19.0 Å². The summed E-state index contributed by atoms with van der Waals surface area (Å²) in [4.78, 5) is 48.2. The summed E-state index contributed by atoms with van der Waals surface area (Å²) in [6, 6.07) is 2.37. The predicted molar refractivity (Wildman–Crippen MR) is 143 cm³/mol. The Morgan fingerprint density at radius 3 is 2.59 bits per heavy atom. The monoisotopic (exact) mass is 592 g/mol. The smallest absolute Gasteiger partial charge is 0.489 e. The van der Waals surface area contributed by atoms with E-state index in [1.54, 1.807) is 25.7 Å². The molecule has 2 saturated heterocycles. The van der Waals surface area contributed by atoms with Crippen molar-refractivity contribution in [3.05, 3.63) is 40.8 Å². The van der Waals surface area contributed by atoms with Crippen LogP contribution in [0.3, 0.4) is 0 Å². The van der Waals surface area contributed by atoms with Gasteiger partial charge in [0.1, 0.15) is 34.4 Å². The number of fused-ring (bicyclic) bond motifs is 2. The standard InChI is InChI=1S/C27H30ClFN4O8/c1-14-18(34)12-33(14)23-21-22(17(28)10-30-23)38-13-16-11-31(7-8-32(16)24(21)35)25(36)39-19-6-5-15(29)9-20(19)40-26(37)41-27(2,3)4/h5-6,9-10,14,16,18,34H,7-8,11-13H2,1-4H3. The number of piperazine rings is 1. The van der Waals surface area contributed by atoms with Gasteiger partial charge < -0.3 is 38.8 Å². The summed E-state index contributed by atoms with van der Waals surface area (Å²) in [5.74, 6) is -0.980. The van der Waals surface area contributed by atoms with Crippen molar-refractivity contribution >= 4 is 35.6 Å². The molecule has 0 spiro atoms. The number of anilines is 1. The summed E-state index contributed by atoms with van der Waals surface area (Å²) in [6.45, 7) is 7.48. The van der Waals surface area contributed by atoms with Crippen molar-refractivity contribution in [3.8, 4) is 17.2 Å². The summed E-state index contributed by atoms with van der Waals surface area (Å²) < 4.78 is 35.6. The minimum atomic E-state index is -1.09. The second-order valence-electron chi connectivity index (χ2n) is 11.0. The highest BCUT2D eigenvalue weighted by atomic mass is 35.5. The number of benzene rings is 1. The van der Waals surface area contributed by atoms with Crippen molar-refractivity contribution < 1.29 is 42.8 Å². The van der Waals surface area contributed by atoms with E-state index in [0.717, 1.165) is 12.1 Å². The van der Waals surface area contributed by atoms with E-state index in [4.69, 9.17) is 30.5 Å². The van der Waals surface area contributed by atoms with E-state index >= 15 is 0 Å². The molecule has 4 heterocycles. The van der Waals surface area contributed by atoms with Crippen LogP contribution in [-0.2, 0) is 4.74 Å². The number of carbonyl (C=O) groups is 3. The van der Waals surface area contributed by atoms with Crippen molar-refractivity contribution in [3.63, 3.8) is 0 Å². The lowest BCUT2D eigenvalue weighted by Gasteiger charge is -2.45. The highest BCUT2D eigenvalue weighted by molar-refractivity contribution is 6.32. The zero-order chi connectivity index (χ0) is 29.6. The number of aliphatic hydroxyl groups is 1. The lowest BCUT2D eigenvalue weighted by Crippen LogP contribution is -2.60. The first-order valence-corrected chi connectivity index (χ1v) is 13.4. The summed E-state index contributed by atoms with van der Waals surface area (Å²) >= 11 is 6.36. The molecule has 0 bridgehead atoms. The van der Waals surface area contributed by atoms with Crippen molar-refractivity contribution in [1.29, 1.82) is 0 Å². The molecule has 3 aliphatic heterocycles. The van der Waals surface area contributed by atoms with E-state index in [0.29, 0.717) is 12.4 Å². The lowest BCUT2D eigenvalue weighted by atomic mass is 9.99. The number of rotatable bonds is 3. The SMILES string of the molecule is CC1C(O)CN1c1ncc(Cl)c2c1C(=O)N1CCN(C(=O)Oc3ccc(F)cc3OC(=O)OC(C)(C)C)CC1CO2. The molecule has 3 atom stereocenters. The highest BCUT2D eigenvalue weighted by Gasteiger charge is 2.43. The van der Waals surface area contributed by atoms with Gasteiger partial charge in [-0.2, -0.15) is 0 Å². The molecule has 14 heteroatoms. The summed E-state index contributed by atoms with van der Waals surface area (Å²) in [6.07, 6.45) is -1.00.